The Morgan fingerprint density at radius 3 is 2.12 bits per heavy atom. The van der Waals surface area contributed by atoms with Crippen LogP contribution in [0.1, 0.15) is 0 Å². The summed E-state index contributed by atoms with van der Waals surface area (Å²) in [6, 6.07) is 0. The maximum atomic E-state index is 9.46. The van der Waals surface area contributed by atoms with Crippen molar-refractivity contribution in [2.45, 2.75) is 0 Å². The zero-order chi connectivity index (χ0) is 5.70. The first-order chi connectivity index (χ1) is 3.27. The van der Waals surface area contributed by atoms with Gasteiger partial charge in [0, 0.05) is 0 Å². The summed E-state index contributed by atoms with van der Waals surface area (Å²) in [5.74, 6) is 0. The zero-order valence-electron chi connectivity index (χ0n) is 3.53. The molecule has 0 aliphatic rings. The number of hydrogen-bond donors (Lipinski definition) is 2. The van der Waals surface area contributed by atoms with E-state index in [-0.39, 0.29) is 42.8 Å². The van der Waals surface area contributed by atoms with Crippen LogP contribution < -0.4 is 0 Å². The summed E-state index contributed by atoms with van der Waals surface area (Å²) in [5, 5.41) is 7.92. The van der Waals surface area contributed by atoms with Gasteiger partial charge in [-0.1, -0.05) is 0 Å². The van der Waals surface area contributed by atoms with Gasteiger partial charge in [-0.25, -0.2) is 8.42 Å². The van der Waals surface area contributed by atoms with Crippen molar-refractivity contribution in [3.05, 3.63) is 0 Å². The first-order valence-electron chi connectivity index (χ1n) is 1.65. The van der Waals surface area contributed by atoms with Crippen molar-refractivity contribution >= 4 is 40.5 Å². The van der Waals surface area contributed by atoms with Gasteiger partial charge < -0.3 is 5.11 Å². The van der Waals surface area contributed by atoms with Crippen molar-refractivity contribution < 1.29 is 17.7 Å². The summed E-state index contributed by atoms with van der Waals surface area (Å²) in [7, 11) is -2.77. The van der Waals surface area contributed by atoms with Crippen molar-refractivity contribution in [3.8, 4) is 0 Å². The molecule has 0 fully saturated rings. The van der Waals surface area contributed by atoms with Crippen LogP contribution in [0.15, 0.2) is 0 Å². The van der Waals surface area contributed by atoms with Crippen LogP contribution in [0.5, 0.6) is 0 Å². The third-order valence-electron chi connectivity index (χ3n) is 0.288. The van der Waals surface area contributed by atoms with Gasteiger partial charge in [0.25, 0.3) is 11.0 Å². The molecule has 0 saturated carbocycles. The number of thiol groups is 1. The Kier molecular flexibility index (Phi) is 11.5. The van der Waals surface area contributed by atoms with Crippen LogP contribution in [-0.4, -0.2) is 56.3 Å². The fraction of sp³-hybridized carbons (Fsp3) is 1.00. The molecular formula is C2H7NaO4S. The molecule has 0 unspecified atom stereocenters. The van der Waals surface area contributed by atoms with E-state index in [0.29, 0.717) is 0 Å². The molecular weight excluding hydrogens is 143 g/mol. The molecule has 0 saturated heterocycles. The molecule has 0 aliphatic carbocycles. The van der Waals surface area contributed by atoms with Crippen LogP contribution in [0, 0.1) is 0 Å². The van der Waals surface area contributed by atoms with E-state index in [1.165, 1.54) is 0 Å². The Morgan fingerprint density at radius 2 is 2.00 bits per heavy atom. The number of aliphatic hydroxyl groups excluding tert-OH is 1. The predicted molar refractivity (Wildman–Crippen MR) is 30.5 cm³/mol. The van der Waals surface area contributed by atoms with Crippen molar-refractivity contribution in [3.63, 3.8) is 0 Å². The molecule has 8 heavy (non-hydrogen) atoms. The third kappa shape index (κ3) is 9.98. The van der Waals surface area contributed by atoms with Crippen molar-refractivity contribution in [1.29, 1.82) is 0 Å². The maximum absolute atomic E-state index is 9.46. The number of aliphatic hydroxyl groups is 1. The average Bonchev–Trinajstić information content (AvgIpc) is 1.61. The van der Waals surface area contributed by atoms with E-state index < -0.39 is 11.0 Å². The van der Waals surface area contributed by atoms with Crippen molar-refractivity contribution in [2.75, 3.05) is 13.2 Å². The van der Waals surface area contributed by atoms with Gasteiger partial charge in [0.15, 0.2) is 0 Å². The fourth-order valence-electron chi connectivity index (χ4n) is 0.115. The van der Waals surface area contributed by atoms with E-state index in [0.717, 1.165) is 0 Å². The standard InChI is InChI=1S/C2H6O4S.Na.H/c3-1-2-6-7(4)5;;/h3,7H,1-2H2;;. The van der Waals surface area contributed by atoms with Gasteiger partial charge in [-0.05, 0) is 0 Å². The van der Waals surface area contributed by atoms with Gasteiger partial charge in [0.1, 0.15) is 0 Å². The second kappa shape index (κ2) is 7.87. The minimum absolute atomic E-state index is 0. The summed E-state index contributed by atoms with van der Waals surface area (Å²) in [6.45, 7) is -0.401. The van der Waals surface area contributed by atoms with Crippen LogP contribution in [0.4, 0.5) is 0 Å². The summed E-state index contributed by atoms with van der Waals surface area (Å²) >= 11 is 0. The Labute approximate surface area is 71.3 Å². The predicted octanol–water partition coefficient (Wildman–Crippen LogP) is -2.13. The summed E-state index contributed by atoms with van der Waals surface area (Å²) < 4.78 is 22.8. The third-order valence-corrected chi connectivity index (χ3v) is 0.681. The SMILES string of the molecule is O=[SH](=O)OCCO.[NaH]. The van der Waals surface area contributed by atoms with E-state index >= 15 is 0 Å². The Hall–Kier alpha value is 0.870. The molecule has 6 heteroatoms. The van der Waals surface area contributed by atoms with E-state index in [2.05, 4.69) is 4.18 Å². The zero-order valence-corrected chi connectivity index (χ0v) is 4.43. The quantitative estimate of drug-likeness (QED) is 0.356. The summed E-state index contributed by atoms with van der Waals surface area (Å²) in [5.41, 5.74) is 0. The fourth-order valence-corrected chi connectivity index (χ4v) is 0.346. The molecule has 0 rings (SSSR count). The average molecular weight is 150 g/mol. The van der Waals surface area contributed by atoms with E-state index in [1.54, 1.807) is 0 Å². The monoisotopic (exact) mass is 150 g/mol. The van der Waals surface area contributed by atoms with Crippen LogP contribution in [-0.2, 0) is 15.2 Å². The van der Waals surface area contributed by atoms with E-state index in [4.69, 9.17) is 5.11 Å². The Balaban J connectivity index is 0. The molecule has 0 aromatic heterocycles. The summed E-state index contributed by atoms with van der Waals surface area (Å²) in [4.78, 5) is 0. The molecule has 4 nitrogen and oxygen atoms in total. The molecule has 0 bridgehead atoms. The van der Waals surface area contributed by atoms with Gasteiger partial charge >= 0.3 is 29.6 Å². The molecule has 0 spiro atoms. The normalized spacial score (nSPS) is 8.75. The van der Waals surface area contributed by atoms with Gasteiger partial charge in [-0.2, -0.15) is 0 Å². The van der Waals surface area contributed by atoms with E-state index in [1.807, 2.05) is 0 Å². The van der Waals surface area contributed by atoms with Gasteiger partial charge in [-0.3, -0.25) is 4.18 Å². The molecule has 46 valence electrons. The van der Waals surface area contributed by atoms with Crippen molar-refractivity contribution in [1.82, 2.24) is 0 Å². The second-order valence-corrected chi connectivity index (χ2v) is 1.49. The molecule has 1 N–H and O–H groups in total. The molecule has 0 aromatic carbocycles. The van der Waals surface area contributed by atoms with Crippen LogP contribution in [0.3, 0.4) is 0 Å². The second-order valence-electron chi connectivity index (χ2n) is 0.780. The number of rotatable bonds is 3. The summed E-state index contributed by atoms with van der Waals surface area (Å²) in [6.07, 6.45) is 0. The molecule has 0 aliphatic heterocycles. The Bertz CT molecular complexity index is 92.2. The van der Waals surface area contributed by atoms with Crippen LogP contribution in [0.25, 0.3) is 0 Å². The van der Waals surface area contributed by atoms with E-state index in [9.17, 15) is 8.42 Å². The number of hydrogen-bond acceptors (Lipinski definition) is 4. The van der Waals surface area contributed by atoms with Gasteiger partial charge in [0.2, 0.25) is 0 Å². The molecule has 0 heterocycles. The van der Waals surface area contributed by atoms with Crippen LogP contribution >= 0.6 is 0 Å². The molecule has 0 amide bonds. The van der Waals surface area contributed by atoms with Crippen molar-refractivity contribution in [2.24, 2.45) is 0 Å². The van der Waals surface area contributed by atoms with Gasteiger partial charge in [-0.15, -0.1) is 0 Å². The first-order valence-corrected chi connectivity index (χ1v) is 2.75. The molecule has 0 aromatic rings. The topological polar surface area (TPSA) is 63.6 Å². The first kappa shape index (κ1) is 11.6. The van der Waals surface area contributed by atoms with Gasteiger partial charge in [0.05, 0.1) is 13.2 Å². The van der Waals surface area contributed by atoms with Crippen LogP contribution in [0.2, 0.25) is 0 Å². The Morgan fingerprint density at radius 1 is 1.50 bits per heavy atom. The minimum atomic E-state index is -2.77. The molecule has 0 atom stereocenters. The molecule has 0 radical (unpaired) electrons.